The molecule has 0 unspecified atom stereocenters. The summed E-state index contributed by atoms with van der Waals surface area (Å²) in [7, 11) is 0. The predicted molar refractivity (Wildman–Crippen MR) is 70.4 cm³/mol. The Morgan fingerprint density at radius 3 is 3.12 bits per heavy atom. The largest absolute Gasteiger partial charge is 0.283 e. The van der Waals surface area contributed by atoms with E-state index in [1.807, 2.05) is 12.1 Å². The maximum absolute atomic E-state index is 8.48. The highest BCUT2D eigenvalue weighted by atomic mass is 32.2. The Balaban J connectivity index is 2.45. The van der Waals surface area contributed by atoms with Gasteiger partial charge >= 0.3 is 0 Å². The molecule has 0 saturated carbocycles. The second-order valence-corrected chi connectivity index (χ2v) is 4.08. The second kappa shape index (κ2) is 7.84. The van der Waals surface area contributed by atoms with Gasteiger partial charge in [0.15, 0.2) is 5.17 Å². The van der Waals surface area contributed by atoms with Crippen LogP contribution in [0.15, 0.2) is 29.4 Å². The number of aliphatic imine (C=N–C) groups is 1. The molecule has 1 heterocycles. The fourth-order valence-electron chi connectivity index (χ4n) is 0.838. The van der Waals surface area contributed by atoms with E-state index in [9.17, 15) is 0 Å². The van der Waals surface area contributed by atoms with Crippen molar-refractivity contribution in [1.29, 1.82) is 5.26 Å². The second-order valence-electron chi connectivity index (χ2n) is 2.55. The summed E-state index contributed by atoms with van der Waals surface area (Å²) < 4.78 is 0. The van der Waals surface area contributed by atoms with E-state index in [1.165, 1.54) is 11.8 Å². The highest BCUT2D eigenvalue weighted by molar-refractivity contribution is 8.14. The Hall–Kier alpha value is -1.39. The van der Waals surface area contributed by atoms with Crippen LogP contribution < -0.4 is 10.9 Å². The molecule has 0 atom stereocenters. The van der Waals surface area contributed by atoms with Gasteiger partial charge in [0.1, 0.15) is 5.82 Å². The number of nitrogens with one attached hydrogen (secondary N) is 2. The molecule has 0 amide bonds. The number of amidine groups is 1. The van der Waals surface area contributed by atoms with Gasteiger partial charge in [0.25, 0.3) is 0 Å². The highest BCUT2D eigenvalue weighted by Gasteiger charge is 1.99. The third-order valence-corrected chi connectivity index (χ3v) is 2.85. The molecule has 1 aromatic rings. The molecule has 0 saturated heterocycles. The molecule has 0 spiro atoms. The Kier molecular flexibility index (Phi) is 6.22. The molecule has 0 aromatic carbocycles. The minimum absolute atomic E-state index is 0.502. The number of nitrogens with zero attached hydrogens (tertiary/aromatic N) is 3. The first-order valence-electron chi connectivity index (χ1n) is 4.50. The van der Waals surface area contributed by atoms with Crippen LogP contribution in [0, 0.1) is 11.5 Å². The van der Waals surface area contributed by atoms with Gasteiger partial charge in [-0.3, -0.25) is 10.9 Å². The lowest BCUT2D eigenvalue weighted by atomic mass is 10.5. The number of anilines is 1. The van der Waals surface area contributed by atoms with Crippen molar-refractivity contribution >= 4 is 35.4 Å². The number of thioether (sulfide) groups is 1. The number of thiol groups is 1. The maximum atomic E-state index is 8.48. The van der Waals surface area contributed by atoms with E-state index >= 15 is 0 Å². The van der Waals surface area contributed by atoms with Crippen molar-refractivity contribution < 1.29 is 0 Å². The normalized spacial score (nSPS) is 10.6. The number of aromatic nitrogens is 1. The quantitative estimate of drug-likeness (QED) is 0.249. The molecule has 7 heteroatoms. The van der Waals surface area contributed by atoms with Crippen molar-refractivity contribution in [1.82, 2.24) is 10.4 Å². The van der Waals surface area contributed by atoms with Gasteiger partial charge in [-0.05, 0) is 17.9 Å². The molecule has 16 heavy (non-hydrogen) atoms. The first-order valence-corrected chi connectivity index (χ1v) is 6.12. The molecular formula is C9H11N5S2. The fourth-order valence-corrected chi connectivity index (χ4v) is 1.63. The summed E-state index contributed by atoms with van der Waals surface area (Å²) in [5.41, 5.74) is 5.67. The zero-order chi connectivity index (χ0) is 11.6. The van der Waals surface area contributed by atoms with E-state index < -0.39 is 0 Å². The van der Waals surface area contributed by atoms with E-state index in [0.717, 1.165) is 11.5 Å². The zero-order valence-electron chi connectivity index (χ0n) is 8.42. The molecule has 0 aliphatic rings. The van der Waals surface area contributed by atoms with Gasteiger partial charge in [0.05, 0.1) is 0 Å². The zero-order valence-corrected chi connectivity index (χ0v) is 10.1. The molecule has 0 fully saturated rings. The number of nitriles is 1. The van der Waals surface area contributed by atoms with Crippen LogP contribution >= 0.6 is 24.4 Å². The molecule has 0 bridgehead atoms. The Morgan fingerprint density at radius 2 is 2.50 bits per heavy atom. The lowest BCUT2D eigenvalue weighted by Crippen LogP contribution is -2.27. The Morgan fingerprint density at radius 1 is 1.62 bits per heavy atom. The van der Waals surface area contributed by atoms with Crippen molar-refractivity contribution in [2.24, 2.45) is 4.99 Å². The van der Waals surface area contributed by atoms with Crippen LogP contribution in [0.3, 0.4) is 0 Å². The van der Waals surface area contributed by atoms with Gasteiger partial charge in [-0.25, -0.2) is 4.98 Å². The summed E-state index contributed by atoms with van der Waals surface area (Å²) in [5.74, 6) is 2.17. The summed E-state index contributed by atoms with van der Waals surface area (Å²) in [4.78, 5) is 7.68. The van der Waals surface area contributed by atoms with Crippen molar-refractivity contribution in [3.63, 3.8) is 0 Å². The van der Waals surface area contributed by atoms with E-state index in [0.29, 0.717) is 11.0 Å². The lowest BCUT2D eigenvalue weighted by Gasteiger charge is -2.08. The summed E-state index contributed by atoms with van der Waals surface area (Å²) in [6.07, 6.45) is 3.40. The molecular weight excluding hydrogens is 242 g/mol. The number of hydrogen-bond acceptors (Lipinski definition) is 6. The van der Waals surface area contributed by atoms with Crippen molar-refractivity contribution in [3.05, 3.63) is 24.4 Å². The Labute approximate surface area is 104 Å². The number of hydrazine groups is 1. The van der Waals surface area contributed by atoms with Gasteiger partial charge in [0.2, 0.25) is 6.19 Å². The molecule has 0 aliphatic carbocycles. The summed E-state index contributed by atoms with van der Waals surface area (Å²) in [5, 5.41) is 8.98. The van der Waals surface area contributed by atoms with Crippen LogP contribution in [-0.2, 0) is 0 Å². The van der Waals surface area contributed by atoms with Crippen LogP contribution in [0.25, 0.3) is 0 Å². The SMILES string of the molecule is N#CN=C(NNc1ccccn1)SCCS. The van der Waals surface area contributed by atoms with Crippen LogP contribution in [0.2, 0.25) is 0 Å². The molecule has 2 N–H and O–H groups in total. The number of rotatable bonds is 4. The monoisotopic (exact) mass is 253 g/mol. The highest BCUT2D eigenvalue weighted by Crippen LogP contribution is 2.03. The first-order chi connectivity index (χ1) is 7.86. The molecule has 5 nitrogen and oxygen atoms in total. The molecule has 1 rings (SSSR count). The standard InChI is InChI=1S/C9H11N5S2/c10-7-12-9(16-6-5-15)14-13-8-3-1-2-4-11-8/h1-4,15H,5-6H2,(H,11,13)(H,12,14). The topological polar surface area (TPSA) is 73.1 Å². The van der Waals surface area contributed by atoms with E-state index in [2.05, 4.69) is 33.5 Å². The van der Waals surface area contributed by atoms with Gasteiger partial charge in [-0.1, -0.05) is 17.8 Å². The third kappa shape index (κ3) is 4.91. The van der Waals surface area contributed by atoms with Crippen LogP contribution in [0.5, 0.6) is 0 Å². The maximum Gasteiger partial charge on any atom is 0.208 e. The average molecular weight is 253 g/mol. The summed E-state index contributed by atoms with van der Waals surface area (Å²) >= 11 is 5.50. The predicted octanol–water partition coefficient (Wildman–Crippen LogP) is 1.50. The van der Waals surface area contributed by atoms with E-state index in [1.54, 1.807) is 18.5 Å². The molecule has 0 aliphatic heterocycles. The fraction of sp³-hybridized carbons (Fsp3) is 0.222. The lowest BCUT2D eigenvalue weighted by molar-refractivity contribution is 1.10. The van der Waals surface area contributed by atoms with Crippen molar-refractivity contribution in [2.75, 3.05) is 16.9 Å². The summed E-state index contributed by atoms with van der Waals surface area (Å²) in [6.45, 7) is 0. The number of hydrogen-bond donors (Lipinski definition) is 3. The smallest absolute Gasteiger partial charge is 0.208 e. The van der Waals surface area contributed by atoms with E-state index in [-0.39, 0.29) is 0 Å². The average Bonchev–Trinajstić information content (AvgIpc) is 2.34. The third-order valence-electron chi connectivity index (χ3n) is 1.44. The van der Waals surface area contributed by atoms with Gasteiger partial charge in [-0.2, -0.15) is 17.9 Å². The van der Waals surface area contributed by atoms with Crippen molar-refractivity contribution in [3.8, 4) is 6.19 Å². The first kappa shape index (κ1) is 12.7. The minimum atomic E-state index is 0.502. The van der Waals surface area contributed by atoms with E-state index in [4.69, 9.17) is 5.26 Å². The molecule has 0 radical (unpaired) electrons. The number of pyridine rings is 1. The molecule has 1 aromatic heterocycles. The summed E-state index contributed by atoms with van der Waals surface area (Å²) in [6, 6.07) is 5.49. The molecule has 84 valence electrons. The van der Waals surface area contributed by atoms with Gasteiger partial charge in [-0.15, -0.1) is 4.99 Å². The van der Waals surface area contributed by atoms with Crippen LogP contribution in [-0.4, -0.2) is 21.7 Å². The van der Waals surface area contributed by atoms with Gasteiger partial charge < -0.3 is 0 Å². The van der Waals surface area contributed by atoms with Crippen LogP contribution in [0.4, 0.5) is 5.82 Å². The Bertz CT molecular complexity index is 373. The van der Waals surface area contributed by atoms with Crippen LogP contribution in [0.1, 0.15) is 0 Å². The van der Waals surface area contributed by atoms with Crippen molar-refractivity contribution in [2.45, 2.75) is 0 Å². The van der Waals surface area contributed by atoms with Gasteiger partial charge in [0, 0.05) is 11.9 Å². The minimum Gasteiger partial charge on any atom is -0.283 e.